The monoisotopic (exact) mass is 364 g/mol. The molecule has 26 heavy (non-hydrogen) atoms. The van der Waals surface area contributed by atoms with Gasteiger partial charge in [-0.3, -0.25) is 19.8 Å². The Labute approximate surface area is 153 Å². The van der Waals surface area contributed by atoms with Gasteiger partial charge < -0.3 is 10.6 Å². The van der Waals surface area contributed by atoms with E-state index in [-0.39, 0.29) is 17.9 Å². The predicted molar refractivity (Wildman–Crippen MR) is 94.2 cm³/mol. The van der Waals surface area contributed by atoms with Crippen molar-refractivity contribution >= 4 is 23.9 Å². The van der Waals surface area contributed by atoms with Crippen LogP contribution < -0.4 is 16.0 Å². The molecule has 1 atom stereocenters. The molecular weight excluding hydrogens is 336 g/mol. The van der Waals surface area contributed by atoms with Crippen molar-refractivity contribution in [2.75, 3.05) is 6.54 Å². The van der Waals surface area contributed by atoms with Crippen LogP contribution >= 0.6 is 0 Å². The van der Waals surface area contributed by atoms with Crippen molar-refractivity contribution < 1.29 is 19.2 Å². The zero-order valence-electron chi connectivity index (χ0n) is 15.1. The summed E-state index contributed by atoms with van der Waals surface area (Å²) in [5.74, 6) is -0.862. The minimum Gasteiger partial charge on any atom is -0.335 e. The van der Waals surface area contributed by atoms with Crippen molar-refractivity contribution in [2.24, 2.45) is 5.92 Å². The van der Waals surface area contributed by atoms with E-state index in [0.717, 1.165) is 62.7 Å². The Kier molecular flexibility index (Phi) is 6.11. The van der Waals surface area contributed by atoms with E-state index >= 15 is 0 Å². The summed E-state index contributed by atoms with van der Waals surface area (Å²) in [7, 11) is 0. The molecule has 3 rings (SSSR count). The molecule has 2 saturated carbocycles. The molecular formula is C18H28N4O4. The van der Waals surface area contributed by atoms with Gasteiger partial charge in [0.2, 0.25) is 5.91 Å². The summed E-state index contributed by atoms with van der Waals surface area (Å²) in [6, 6.07) is -1.55. The second-order valence-electron chi connectivity index (χ2n) is 7.61. The molecule has 8 heteroatoms. The zero-order chi connectivity index (χ0) is 18.5. The molecule has 3 aliphatic rings. The maximum atomic E-state index is 12.5. The lowest BCUT2D eigenvalue weighted by Gasteiger charge is -2.25. The molecule has 0 bridgehead atoms. The Hall–Kier alpha value is -2.12. The van der Waals surface area contributed by atoms with Crippen LogP contribution in [0.3, 0.4) is 0 Å². The fourth-order valence-electron chi connectivity index (χ4n) is 4.26. The molecule has 2 aliphatic carbocycles. The minimum atomic E-state index is -0.647. The third-order valence-corrected chi connectivity index (χ3v) is 5.67. The second kappa shape index (κ2) is 8.51. The van der Waals surface area contributed by atoms with Crippen LogP contribution in [0.5, 0.6) is 0 Å². The van der Waals surface area contributed by atoms with E-state index in [1.165, 1.54) is 6.42 Å². The molecule has 0 aromatic rings. The average molecular weight is 364 g/mol. The van der Waals surface area contributed by atoms with E-state index < -0.39 is 30.6 Å². The SMILES string of the molecule is O=C(CN1C(=O)N[C@H](C2CCCCC2)C1=O)NC(=O)NC1CCCCC1. The first-order valence-corrected chi connectivity index (χ1v) is 9.77. The summed E-state index contributed by atoms with van der Waals surface area (Å²) in [6.07, 6.45) is 10.3. The molecule has 1 heterocycles. The smallest absolute Gasteiger partial charge is 0.325 e. The zero-order valence-corrected chi connectivity index (χ0v) is 15.1. The van der Waals surface area contributed by atoms with Crippen LogP contribution in [0.2, 0.25) is 0 Å². The topological polar surface area (TPSA) is 108 Å². The number of hydrogen-bond acceptors (Lipinski definition) is 4. The van der Waals surface area contributed by atoms with Gasteiger partial charge in [0, 0.05) is 6.04 Å². The second-order valence-corrected chi connectivity index (χ2v) is 7.61. The summed E-state index contributed by atoms with van der Waals surface area (Å²) in [5, 5.41) is 7.71. The largest absolute Gasteiger partial charge is 0.335 e. The number of amides is 6. The van der Waals surface area contributed by atoms with Gasteiger partial charge in [0.1, 0.15) is 12.6 Å². The lowest BCUT2D eigenvalue weighted by molar-refractivity contribution is -0.132. The highest BCUT2D eigenvalue weighted by molar-refractivity contribution is 6.07. The average Bonchev–Trinajstić information content (AvgIpc) is 2.91. The van der Waals surface area contributed by atoms with E-state index in [0.29, 0.717) is 0 Å². The fraction of sp³-hybridized carbons (Fsp3) is 0.778. The van der Waals surface area contributed by atoms with Gasteiger partial charge in [-0.25, -0.2) is 9.59 Å². The summed E-state index contributed by atoms with van der Waals surface area (Å²) in [5.41, 5.74) is 0. The lowest BCUT2D eigenvalue weighted by atomic mass is 9.84. The standard InChI is InChI=1S/C18H28N4O4/c23-14(20-17(25)19-13-9-5-2-6-10-13)11-22-16(24)15(21-18(22)26)12-7-3-1-4-8-12/h12-13,15H,1-11H2,(H,21,26)(H2,19,20,23,25)/t15-/m1/s1. The molecule has 3 N–H and O–H groups in total. The number of imide groups is 2. The van der Waals surface area contributed by atoms with Gasteiger partial charge in [0.05, 0.1) is 0 Å². The van der Waals surface area contributed by atoms with Crippen LogP contribution in [-0.2, 0) is 9.59 Å². The van der Waals surface area contributed by atoms with Crippen molar-refractivity contribution in [1.29, 1.82) is 0 Å². The maximum absolute atomic E-state index is 12.5. The third kappa shape index (κ3) is 4.53. The molecule has 0 aromatic carbocycles. The van der Waals surface area contributed by atoms with Gasteiger partial charge in [-0.15, -0.1) is 0 Å². The molecule has 1 aliphatic heterocycles. The summed E-state index contributed by atoms with van der Waals surface area (Å²) < 4.78 is 0. The fourth-order valence-corrected chi connectivity index (χ4v) is 4.26. The molecule has 1 saturated heterocycles. The van der Waals surface area contributed by atoms with Gasteiger partial charge >= 0.3 is 12.1 Å². The molecule has 144 valence electrons. The summed E-state index contributed by atoms with van der Waals surface area (Å²) in [6.45, 7) is -0.425. The van der Waals surface area contributed by atoms with Gasteiger partial charge in [-0.1, -0.05) is 38.5 Å². The van der Waals surface area contributed by atoms with Crippen LogP contribution in [0.4, 0.5) is 9.59 Å². The number of rotatable bonds is 4. The van der Waals surface area contributed by atoms with Crippen LogP contribution in [0.1, 0.15) is 64.2 Å². The van der Waals surface area contributed by atoms with Crippen LogP contribution in [0.15, 0.2) is 0 Å². The van der Waals surface area contributed by atoms with E-state index in [4.69, 9.17) is 0 Å². The van der Waals surface area contributed by atoms with E-state index in [1.54, 1.807) is 0 Å². The Morgan fingerprint density at radius 2 is 1.58 bits per heavy atom. The number of nitrogens with one attached hydrogen (secondary N) is 3. The lowest BCUT2D eigenvalue weighted by Crippen LogP contribution is -2.49. The summed E-state index contributed by atoms with van der Waals surface area (Å²) >= 11 is 0. The van der Waals surface area contributed by atoms with Crippen LogP contribution in [0.25, 0.3) is 0 Å². The van der Waals surface area contributed by atoms with Crippen molar-refractivity contribution in [2.45, 2.75) is 76.3 Å². The predicted octanol–water partition coefficient (Wildman–Crippen LogP) is 1.65. The quantitative estimate of drug-likeness (QED) is 0.659. The number of carbonyl (C=O) groups is 4. The first-order valence-electron chi connectivity index (χ1n) is 9.77. The van der Waals surface area contributed by atoms with Crippen LogP contribution in [0, 0.1) is 5.92 Å². The van der Waals surface area contributed by atoms with Crippen molar-refractivity contribution in [3.63, 3.8) is 0 Å². The maximum Gasteiger partial charge on any atom is 0.325 e. The molecule has 0 unspecified atom stereocenters. The first-order chi connectivity index (χ1) is 12.5. The molecule has 0 spiro atoms. The highest BCUT2D eigenvalue weighted by Gasteiger charge is 2.43. The highest BCUT2D eigenvalue weighted by atomic mass is 16.2. The Morgan fingerprint density at radius 3 is 2.23 bits per heavy atom. The van der Waals surface area contributed by atoms with Crippen molar-refractivity contribution in [3.05, 3.63) is 0 Å². The van der Waals surface area contributed by atoms with Crippen molar-refractivity contribution in [3.8, 4) is 0 Å². The van der Waals surface area contributed by atoms with Crippen LogP contribution in [-0.4, -0.2) is 47.4 Å². The highest BCUT2D eigenvalue weighted by Crippen LogP contribution is 2.29. The number of nitrogens with zero attached hydrogens (tertiary/aromatic N) is 1. The summed E-state index contributed by atoms with van der Waals surface area (Å²) in [4.78, 5) is 49.5. The third-order valence-electron chi connectivity index (χ3n) is 5.67. The van der Waals surface area contributed by atoms with Gasteiger partial charge in [0.25, 0.3) is 5.91 Å². The minimum absolute atomic E-state index is 0.0870. The van der Waals surface area contributed by atoms with Gasteiger partial charge in [0.15, 0.2) is 0 Å². The van der Waals surface area contributed by atoms with Crippen molar-refractivity contribution in [1.82, 2.24) is 20.9 Å². The number of carbonyl (C=O) groups excluding carboxylic acids is 4. The van der Waals surface area contributed by atoms with E-state index in [1.807, 2.05) is 0 Å². The van der Waals surface area contributed by atoms with Gasteiger partial charge in [-0.2, -0.15) is 0 Å². The number of hydrogen-bond donors (Lipinski definition) is 3. The Balaban J connectivity index is 1.47. The molecule has 6 amide bonds. The number of urea groups is 2. The molecule has 0 radical (unpaired) electrons. The Morgan fingerprint density at radius 1 is 0.962 bits per heavy atom. The Bertz CT molecular complexity index is 568. The van der Waals surface area contributed by atoms with E-state index in [9.17, 15) is 19.2 Å². The van der Waals surface area contributed by atoms with Gasteiger partial charge in [-0.05, 0) is 31.6 Å². The molecule has 0 aromatic heterocycles. The molecule has 8 nitrogen and oxygen atoms in total. The normalized spacial score (nSPS) is 25.1. The van der Waals surface area contributed by atoms with E-state index in [2.05, 4.69) is 16.0 Å². The molecule has 3 fully saturated rings. The first kappa shape index (κ1) is 18.7.